The van der Waals surface area contributed by atoms with Crippen LogP contribution in [0.2, 0.25) is 0 Å². The molecule has 2 fully saturated rings. The van der Waals surface area contributed by atoms with Crippen LogP contribution in [-0.2, 0) is 19.1 Å². The summed E-state index contributed by atoms with van der Waals surface area (Å²) in [6.45, 7) is 4.86. The predicted molar refractivity (Wildman–Crippen MR) is 136 cm³/mol. The van der Waals surface area contributed by atoms with Crippen molar-refractivity contribution >= 4 is 23.4 Å². The Morgan fingerprint density at radius 1 is 0.947 bits per heavy atom. The van der Waals surface area contributed by atoms with Crippen LogP contribution in [0.3, 0.4) is 0 Å². The molecule has 1 atom stereocenters. The van der Waals surface area contributed by atoms with E-state index in [0.29, 0.717) is 67.6 Å². The first-order valence-electron chi connectivity index (χ1n) is 12.6. The van der Waals surface area contributed by atoms with E-state index < -0.39 is 23.7 Å². The molecule has 0 spiro atoms. The van der Waals surface area contributed by atoms with Gasteiger partial charge in [-0.25, -0.2) is 4.79 Å². The van der Waals surface area contributed by atoms with Crippen LogP contribution < -0.4 is 9.47 Å². The number of carbonyl (C=O) groups excluding carboxylic acids is 3. The van der Waals surface area contributed by atoms with Crippen LogP contribution in [0.1, 0.15) is 33.9 Å². The molecule has 0 unspecified atom stereocenters. The van der Waals surface area contributed by atoms with Crippen molar-refractivity contribution in [2.75, 3.05) is 59.7 Å². The predicted octanol–water partition coefficient (Wildman–Crippen LogP) is 2.39. The highest BCUT2D eigenvalue weighted by Crippen LogP contribution is 2.41. The van der Waals surface area contributed by atoms with Gasteiger partial charge in [-0.3, -0.25) is 14.5 Å². The van der Waals surface area contributed by atoms with E-state index in [9.17, 15) is 19.5 Å². The minimum absolute atomic E-state index is 0.0103. The lowest BCUT2D eigenvalue weighted by molar-refractivity contribution is -0.140. The largest absolute Gasteiger partial charge is 0.507 e. The molecular formula is C28H30N2O8. The average molecular weight is 523 g/mol. The summed E-state index contributed by atoms with van der Waals surface area (Å²) in [5.74, 6) is -1.21. The molecule has 10 nitrogen and oxygen atoms in total. The Hall–Kier alpha value is -3.89. The Morgan fingerprint density at radius 2 is 1.63 bits per heavy atom. The third kappa shape index (κ3) is 5.09. The van der Waals surface area contributed by atoms with Crippen LogP contribution in [0.5, 0.6) is 11.5 Å². The number of ether oxygens (including phenoxy) is 4. The second-order valence-corrected chi connectivity index (χ2v) is 9.27. The molecular weight excluding hydrogens is 492 g/mol. The van der Waals surface area contributed by atoms with Gasteiger partial charge in [-0.2, -0.15) is 0 Å². The summed E-state index contributed by atoms with van der Waals surface area (Å²) in [7, 11) is 1.30. The molecule has 2 saturated heterocycles. The molecule has 10 heteroatoms. The van der Waals surface area contributed by atoms with Crippen LogP contribution in [0.25, 0.3) is 5.76 Å². The number of fused-ring (bicyclic) bond motifs is 1. The van der Waals surface area contributed by atoms with Crippen LogP contribution in [0.4, 0.5) is 0 Å². The van der Waals surface area contributed by atoms with Gasteiger partial charge in [0, 0.05) is 31.7 Å². The van der Waals surface area contributed by atoms with Crippen molar-refractivity contribution in [2.45, 2.75) is 12.5 Å². The smallest absolute Gasteiger partial charge is 0.337 e. The van der Waals surface area contributed by atoms with Crippen molar-refractivity contribution in [1.82, 2.24) is 9.80 Å². The summed E-state index contributed by atoms with van der Waals surface area (Å²) in [6.07, 6.45) is 0.647. The molecule has 0 bridgehead atoms. The fourth-order valence-corrected chi connectivity index (χ4v) is 5.01. The summed E-state index contributed by atoms with van der Waals surface area (Å²) in [5, 5.41) is 11.4. The third-order valence-electron chi connectivity index (χ3n) is 6.98. The lowest BCUT2D eigenvalue weighted by atomic mass is 9.94. The normalized spacial score (nSPS) is 21.0. The van der Waals surface area contributed by atoms with Crippen LogP contribution in [0.15, 0.2) is 48.0 Å². The molecule has 0 radical (unpaired) electrons. The van der Waals surface area contributed by atoms with Gasteiger partial charge in [-0.15, -0.1) is 0 Å². The SMILES string of the molecule is COC(=O)c1ccc([C@H]2/C(=C(\O)c3ccc4c(c3)OCCO4)C(=O)C(=O)N2CCCN2CCOCC2)cc1. The topological polar surface area (TPSA) is 115 Å². The Morgan fingerprint density at radius 3 is 2.34 bits per heavy atom. The molecule has 38 heavy (non-hydrogen) atoms. The van der Waals surface area contributed by atoms with Gasteiger partial charge in [0.25, 0.3) is 11.7 Å². The Balaban J connectivity index is 1.49. The Kier molecular flexibility index (Phi) is 7.62. The molecule has 2 aromatic carbocycles. The molecule has 3 aliphatic rings. The number of rotatable bonds is 7. The minimum Gasteiger partial charge on any atom is -0.507 e. The van der Waals surface area contributed by atoms with Gasteiger partial charge in [0.05, 0.1) is 37.5 Å². The van der Waals surface area contributed by atoms with E-state index in [1.54, 1.807) is 42.5 Å². The molecule has 1 N–H and O–H groups in total. The van der Waals surface area contributed by atoms with Crippen LogP contribution >= 0.6 is 0 Å². The first kappa shape index (κ1) is 25.7. The van der Waals surface area contributed by atoms with Crippen molar-refractivity contribution in [3.05, 3.63) is 64.7 Å². The fraction of sp³-hybridized carbons (Fsp3) is 0.393. The number of hydrogen-bond donors (Lipinski definition) is 1. The van der Waals surface area contributed by atoms with Crippen LogP contribution in [-0.4, -0.2) is 92.3 Å². The number of methoxy groups -OCH3 is 1. The second kappa shape index (κ2) is 11.2. The first-order valence-corrected chi connectivity index (χ1v) is 12.6. The molecule has 1 amide bonds. The average Bonchev–Trinajstić information content (AvgIpc) is 3.21. The lowest BCUT2D eigenvalue weighted by Crippen LogP contribution is -2.39. The van der Waals surface area contributed by atoms with E-state index in [1.165, 1.54) is 12.0 Å². The molecule has 200 valence electrons. The number of amides is 1. The minimum atomic E-state index is -0.820. The molecule has 2 aromatic rings. The number of carbonyl (C=O) groups is 3. The number of esters is 1. The van der Waals surface area contributed by atoms with Gasteiger partial charge in [0.15, 0.2) is 11.5 Å². The second-order valence-electron chi connectivity index (χ2n) is 9.27. The summed E-state index contributed by atoms with van der Waals surface area (Å²) in [4.78, 5) is 42.3. The van der Waals surface area contributed by atoms with Gasteiger partial charge in [-0.1, -0.05) is 12.1 Å². The van der Waals surface area contributed by atoms with E-state index in [0.717, 1.165) is 19.6 Å². The van der Waals surface area contributed by atoms with E-state index in [1.807, 2.05) is 0 Å². The van der Waals surface area contributed by atoms with Crippen molar-refractivity contribution in [3.8, 4) is 11.5 Å². The van der Waals surface area contributed by atoms with Crippen molar-refractivity contribution < 1.29 is 38.4 Å². The highest BCUT2D eigenvalue weighted by molar-refractivity contribution is 6.46. The summed E-state index contributed by atoms with van der Waals surface area (Å²) in [6, 6.07) is 10.6. The van der Waals surface area contributed by atoms with E-state index >= 15 is 0 Å². The summed E-state index contributed by atoms with van der Waals surface area (Å²) in [5.41, 5.74) is 1.27. The maximum absolute atomic E-state index is 13.3. The van der Waals surface area contributed by atoms with Crippen molar-refractivity contribution in [1.29, 1.82) is 0 Å². The van der Waals surface area contributed by atoms with Gasteiger partial charge < -0.3 is 29.0 Å². The maximum Gasteiger partial charge on any atom is 0.337 e. The molecule has 0 saturated carbocycles. The first-order chi connectivity index (χ1) is 18.5. The number of morpholine rings is 1. The third-order valence-corrected chi connectivity index (χ3v) is 6.98. The summed E-state index contributed by atoms with van der Waals surface area (Å²) >= 11 is 0. The quantitative estimate of drug-likeness (QED) is 0.253. The molecule has 3 heterocycles. The number of aliphatic hydroxyl groups is 1. The highest BCUT2D eigenvalue weighted by atomic mass is 16.6. The number of ketones is 1. The number of likely N-dealkylation sites (tertiary alicyclic amines) is 1. The summed E-state index contributed by atoms with van der Waals surface area (Å²) < 4.78 is 21.4. The zero-order valence-corrected chi connectivity index (χ0v) is 21.2. The highest BCUT2D eigenvalue weighted by Gasteiger charge is 2.46. The van der Waals surface area contributed by atoms with E-state index in [-0.39, 0.29) is 11.3 Å². The molecule has 0 aliphatic carbocycles. The van der Waals surface area contributed by atoms with Gasteiger partial charge >= 0.3 is 5.97 Å². The van der Waals surface area contributed by atoms with E-state index in [4.69, 9.17) is 18.9 Å². The van der Waals surface area contributed by atoms with Gasteiger partial charge in [-0.05, 0) is 42.3 Å². The number of hydrogen-bond acceptors (Lipinski definition) is 9. The fourth-order valence-electron chi connectivity index (χ4n) is 5.01. The number of Topliss-reactive ketones (excluding diaryl/α,β-unsaturated/α-hetero) is 1. The Bertz CT molecular complexity index is 1250. The van der Waals surface area contributed by atoms with Gasteiger partial charge in [0.2, 0.25) is 0 Å². The van der Waals surface area contributed by atoms with Crippen molar-refractivity contribution in [2.24, 2.45) is 0 Å². The molecule has 5 rings (SSSR count). The maximum atomic E-state index is 13.3. The zero-order valence-electron chi connectivity index (χ0n) is 21.2. The van der Waals surface area contributed by atoms with Crippen molar-refractivity contribution in [3.63, 3.8) is 0 Å². The standard InChI is InChI=1S/C28H30N2O8/c1-35-28(34)19-5-3-18(4-6-19)24-23(25(31)20-7-8-21-22(17-20)38-16-15-37-21)26(32)27(33)30(24)10-2-9-29-11-13-36-14-12-29/h3-8,17,24,31H,2,9-16H2,1H3/b25-23+/t24-/m0/s1. The van der Waals surface area contributed by atoms with E-state index in [2.05, 4.69) is 4.90 Å². The number of benzene rings is 2. The molecule has 3 aliphatic heterocycles. The van der Waals surface area contributed by atoms with Crippen LogP contribution in [0, 0.1) is 0 Å². The molecule has 0 aromatic heterocycles. The Labute approximate surface area is 220 Å². The number of nitrogens with zero attached hydrogens (tertiary/aromatic N) is 2. The monoisotopic (exact) mass is 522 g/mol. The van der Waals surface area contributed by atoms with Gasteiger partial charge in [0.1, 0.15) is 19.0 Å². The lowest BCUT2D eigenvalue weighted by Gasteiger charge is -2.29. The number of aliphatic hydroxyl groups excluding tert-OH is 1. The zero-order chi connectivity index (χ0) is 26.6.